The van der Waals surface area contributed by atoms with Gasteiger partial charge in [0.2, 0.25) is 0 Å². The second kappa shape index (κ2) is 6.76. The monoisotopic (exact) mass is 343 g/mol. The van der Waals surface area contributed by atoms with Crippen LogP contribution in [0.1, 0.15) is 49.3 Å². The zero-order valence-corrected chi connectivity index (χ0v) is 14.0. The van der Waals surface area contributed by atoms with E-state index in [1.54, 1.807) is 0 Å². The third kappa shape index (κ3) is 3.38. The summed E-state index contributed by atoms with van der Waals surface area (Å²) < 4.78 is 1.25. The highest BCUT2D eigenvalue weighted by atomic mass is 79.9. The van der Waals surface area contributed by atoms with Gasteiger partial charge >= 0.3 is 0 Å². The topological polar surface area (TPSA) is 12.0 Å². The zero-order chi connectivity index (χ0) is 14.7. The third-order valence-electron chi connectivity index (χ3n) is 4.53. The van der Waals surface area contributed by atoms with Crippen molar-refractivity contribution < 1.29 is 0 Å². The summed E-state index contributed by atoms with van der Waals surface area (Å²) in [6.07, 6.45) is 3.62. The quantitative estimate of drug-likeness (QED) is 0.762. The normalized spacial score (nSPS) is 22.6. The Labute approximate surface area is 135 Å². The van der Waals surface area contributed by atoms with Crippen LogP contribution < -0.4 is 5.32 Å². The molecular weight excluding hydrogens is 322 g/mol. The van der Waals surface area contributed by atoms with Crippen molar-refractivity contribution in [1.82, 2.24) is 5.32 Å². The number of nitrogens with one attached hydrogen (secondary N) is 1. The van der Waals surface area contributed by atoms with Crippen molar-refractivity contribution in [1.29, 1.82) is 0 Å². The molecule has 0 spiro atoms. The molecule has 1 fully saturated rings. The predicted molar refractivity (Wildman–Crippen MR) is 92.5 cm³/mol. The summed E-state index contributed by atoms with van der Waals surface area (Å²) in [6.45, 7) is 2.26. The van der Waals surface area contributed by atoms with Crippen LogP contribution in [0.4, 0.5) is 0 Å². The van der Waals surface area contributed by atoms with E-state index in [1.165, 1.54) is 28.4 Å². The Kier molecular flexibility index (Phi) is 4.77. The zero-order valence-electron chi connectivity index (χ0n) is 12.4. The first-order chi connectivity index (χ1) is 10.3. The van der Waals surface area contributed by atoms with Crippen LogP contribution in [-0.2, 0) is 0 Å². The number of rotatable bonds is 5. The predicted octanol–water partition coefficient (Wildman–Crippen LogP) is 5.44. The van der Waals surface area contributed by atoms with Crippen LogP contribution in [-0.4, -0.2) is 6.04 Å². The average Bonchev–Trinajstić information content (AvgIpc) is 2.48. The second-order valence-corrected chi connectivity index (χ2v) is 6.78. The van der Waals surface area contributed by atoms with Crippen molar-refractivity contribution in [3.8, 4) is 0 Å². The Morgan fingerprint density at radius 1 is 1.05 bits per heavy atom. The molecule has 1 N–H and O–H groups in total. The third-order valence-corrected chi connectivity index (χ3v) is 5.25. The van der Waals surface area contributed by atoms with Gasteiger partial charge in [0.25, 0.3) is 0 Å². The smallest absolute Gasteiger partial charge is 0.0320 e. The molecule has 2 aromatic carbocycles. The van der Waals surface area contributed by atoms with Gasteiger partial charge in [0.15, 0.2) is 0 Å². The first kappa shape index (κ1) is 14.8. The molecule has 2 aromatic rings. The summed E-state index contributed by atoms with van der Waals surface area (Å²) in [5.41, 5.74) is 2.87. The van der Waals surface area contributed by atoms with E-state index in [-0.39, 0.29) is 0 Å². The Hall–Kier alpha value is -1.12. The molecule has 110 valence electrons. The van der Waals surface area contributed by atoms with Gasteiger partial charge in [-0.3, -0.25) is 0 Å². The largest absolute Gasteiger partial charge is 0.307 e. The lowest BCUT2D eigenvalue weighted by Crippen LogP contribution is -2.42. The molecule has 2 heteroatoms. The Bertz CT molecular complexity index is 575. The van der Waals surface area contributed by atoms with Crippen molar-refractivity contribution in [2.45, 2.75) is 44.2 Å². The summed E-state index contributed by atoms with van der Waals surface area (Å²) in [4.78, 5) is 0. The van der Waals surface area contributed by atoms with Crippen molar-refractivity contribution >= 4 is 15.9 Å². The second-order valence-electron chi connectivity index (χ2n) is 5.92. The van der Waals surface area contributed by atoms with E-state index in [4.69, 9.17) is 0 Å². The Morgan fingerprint density at radius 3 is 2.38 bits per heavy atom. The van der Waals surface area contributed by atoms with E-state index >= 15 is 0 Å². The summed E-state index contributed by atoms with van der Waals surface area (Å²) in [5.74, 6) is 0.700. The van der Waals surface area contributed by atoms with Gasteiger partial charge in [0.05, 0.1) is 0 Å². The van der Waals surface area contributed by atoms with E-state index in [0.717, 1.165) is 6.42 Å². The Morgan fingerprint density at radius 2 is 1.71 bits per heavy atom. The molecule has 0 radical (unpaired) electrons. The number of hydrogen-bond acceptors (Lipinski definition) is 1. The fourth-order valence-corrected chi connectivity index (χ4v) is 3.84. The van der Waals surface area contributed by atoms with E-state index < -0.39 is 0 Å². The molecule has 21 heavy (non-hydrogen) atoms. The van der Waals surface area contributed by atoms with Crippen molar-refractivity contribution in [3.05, 3.63) is 70.2 Å². The van der Waals surface area contributed by atoms with Gasteiger partial charge < -0.3 is 5.32 Å². The molecule has 1 aliphatic rings. The molecule has 0 bridgehead atoms. The van der Waals surface area contributed by atoms with Crippen molar-refractivity contribution in [2.24, 2.45) is 0 Å². The molecule has 0 saturated heterocycles. The van der Waals surface area contributed by atoms with Gasteiger partial charge in [-0.15, -0.1) is 0 Å². The van der Waals surface area contributed by atoms with E-state index in [1.807, 2.05) is 0 Å². The summed E-state index contributed by atoms with van der Waals surface area (Å²) in [6, 6.07) is 20.6. The van der Waals surface area contributed by atoms with Gasteiger partial charge in [0, 0.05) is 16.6 Å². The molecule has 0 aromatic heterocycles. The molecule has 0 heterocycles. The first-order valence-corrected chi connectivity index (χ1v) is 8.62. The van der Waals surface area contributed by atoms with Gasteiger partial charge in [-0.1, -0.05) is 71.4 Å². The summed E-state index contributed by atoms with van der Waals surface area (Å²) >= 11 is 3.67. The molecule has 0 aliphatic heterocycles. The van der Waals surface area contributed by atoms with Crippen LogP contribution in [0.25, 0.3) is 0 Å². The van der Waals surface area contributed by atoms with Crippen LogP contribution in [0.5, 0.6) is 0 Å². The minimum absolute atomic E-state index is 0.483. The molecule has 1 aliphatic carbocycles. The highest BCUT2D eigenvalue weighted by Crippen LogP contribution is 2.41. The first-order valence-electron chi connectivity index (χ1n) is 7.83. The molecule has 1 unspecified atom stereocenters. The van der Waals surface area contributed by atoms with Gasteiger partial charge in [-0.25, -0.2) is 0 Å². The maximum Gasteiger partial charge on any atom is 0.0320 e. The molecular formula is C19H22BrN. The minimum atomic E-state index is 0.483. The minimum Gasteiger partial charge on any atom is -0.307 e. The van der Waals surface area contributed by atoms with Crippen molar-refractivity contribution in [2.75, 3.05) is 0 Å². The van der Waals surface area contributed by atoms with Crippen LogP contribution in [0.2, 0.25) is 0 Å². The lowest BCUT2D eigenvalue weighted by molar-refractivity contribution is 0.262. The SMILES string of the molecule is CCC(NC1CC(c2ccccc2Br)C1)c1ccccc1. The fourth-order valence-electron chi connectivity index (χ4n) is 3.23. The molecule has 3 rings (SSSR count). The highest BCUT2D eigenvalue weighted by Gasteiger charge is 2.32. The number of halogens is 1. The van der Waals surface area contributed by atoms with Gasteiger partial charge in [-0.05, 0) is 42.4 Å². The van der Waals surface area contributed by atoms with Crippen LogP contribution >= 0.6 is 15.9 Å². The van der Waals surface area contributed by atoms with Gasteiger partial charge in [-0.2, -0.15) is 0 Å². The molecule has 1 atom stereocenters. The number of benzene rings is 2. The van der Waals surface area contributed by atoms with Crippen molar-refractivity contribution in [3.63, 3.8) is 0 Å². The van der Waals surface area contributed by atoms with Crippen LogP contribution in [0.3, 0.4) is 0 Å². The van der Waals surface area contributed by atoms with Crippen LogP contribution in [0, 0.1) is 0 Å². The van der Waals surface area contributed by atoms with Gasteiger partial charge in [0.1, 0.15) is 0 Å². The summed E-state index contributed by atoms with van der Waals surface area (Å²) in [7, 11) is 0. The van der Waals surface area contributed by atoms with Crippen LogP contribution in [0.15, 0.2) is 59.1 Å². The van der Waals surface area contributed by atoms with E-state index in [0.29, 0.717) is 18.0 Å². The lowest BCUT2D eigenvalue weighted by Gasteiger charge is -2.39. The average molecular weight is 344 g/mol. The fraction of sp³-hybridized carbons (Fsp3) is 0.368. The summed E-state index contributed by atoms with van der Waals surface area (Å²) in [5, 5.41) is 3.82. The maximum absolute atomic E-state index is 3.82. The number of hydrogen-bond donors (Lipinski definition) is 1. The highest BCUT2D eigenvalue weighted by molar-refractivity contribution is 9.10. The Balaban J connectivity index is 1.58. The van der Waals surface area contributed by atoms with E-state index in [2.05, 4.69) is 82.8 Å². The molecule has 1 saturated carbocycles. The lowest BCUT2D eigenvalue weighted by atomic mass is 9.75. The molecule has 0 amide bonds. The molecule has 1 nitrogen and oxygen atoms in total. The maximum atomic E-state index is 3.82. The standard InChI is InChI=1S/C19H22BrN/c1-2-19(14-8-4-3-5-9-14)21-16-12-15(13-16)17-10-6-7-11-18(17)20/h3-11,15-16,19,21H,2,12-13H2,1H3. The van der Waals surface area contributed by atoms with E-state index in [9.17, 15) is 0 Å².